The monoisotopic (exact) mass is 316 g/mol. The van der Waals surface area contributed by atoms with E-state index in [1.165, 1.54) is 27.5 Å². The smallest absolute Gasteiger partial charge is 0.0883 e. The van der Waals surface area contributed by atoms with Crippen LogP contribution in [0.4, 0.5) is 0 Å². The van der Waals surface area contributed by atoms with Crippen molar-refractivity contribution in [2.75, 3.05) is 6.61 Å². The van der Waals surface area contributed by atoms with Gasteiger partial charge in [0.2, 0.25) is 0 Å². The lowest BCUT2D eigenvalue weighted by atomic mass is 9.93. The second-order valence-electron chi connectivity index (χ2n) is 5.25. The van der Waals surface area contributed by atoms with Gasteiger partial charge in [-0.05, 0) is 42.7 Å². The summed E-state index contributed by atoms with van der Waals surface area (Å²) in [5, 5.41) is 2.56. The first kappa shape index (κ1) is 12.9. The van der Waals surface area contributed by atoms with E-state index in [-0.39, 0.29) is 6.10 Å². The first-order valence-electron chi connectivity index (χ1n) is 6.61. The Kier molecular flexibility index (Phi) is 3.46. The molecule has 98 valence electrons. The number of rotatable bonds is 1. The molecule has 0 aromatic heterocycles. The predicted molar refractivity (Wildman–Crippen MR) is 83.3 cm³/mol. The van der Waals surface area contributed by atoms with E-state index in [0.717, 1.165) is 17.5 Å². The van der Waals surface area contributed by atoms with Crippen LogP contribution >= 0.6 is 15.9 Å². The van der Waals surface area contributed by atoms with Crippen LogP contribution in [-0.2, 0) is 4.74 Å². The summed E-state index contributed by atoms with van der Waals surface area (Å²) in [5.74, 6) is 0. The van der Waals surface area contributed by atoms with Gasteiger partial charge in [-0.15, -0.1) is 0 Å². The Bertz CT molecular complexity index is 657. The van der Waals surface area contributed by atoms with E-state index in [1.54, 1.807) is 0 Å². The van der Waals surface area contributed by atoms with E-state index in [2.05, 4.69) is 66.2 Å². The summed E-state index contributed by atoms with van der Waals surface area (Å²) in [4.78, 5) is 0. The van der Waals surface area contributed by atoms with Crippen molar-refractivity contribution >= 4 is 26.7 Å². The second-order valence-corrected chi connectivity index (χ2v) is 6.10. The van der Waals surface area contributed by atoms with Crippen molar-refractivity contribution in [2.24, 2.45) is 0 Å². The van der Waals surface area contributed by atoms with Crippen LogP contribution in [0.2, 0.25) is 0 Å². The minimum atomic E-state index is 0.157. The Balaban J connectivity index is 2.13. The summed E-state index contributed by atoms with van der Waals surface area (Å²) in [6.45, 7) is 5.11. The van der Waals surface area contributed by atoms with Gasteiger partial charge in [0.25, 0.3) is 0 Å². The molecule has 1 atom stereocenters. The summed E-state index contributed by atoms with van der Waals surface area (Å²) in [6.07, 6.45) is 1.14. The zero-order valence-corrected chi connectivity index (χ0v) is 12.8. The van der Waals surface area contributed by atoms with Gasteiger partial charge in [-0.1, -0.05) is 51.8 Å². The zero-order valence-electron chi connectivity index (χ0n) is 11.2. The summed E-state index contributed by atoms with van der Waals surface area (Å²) >= 11 is 3.69. The fourth-order valence-electron chi connectivity index (χ4n) is 2.64. The van der Waals surface area contributed by atoms with E-state index in [9.17, 15) is 0 Å². The van der Waals surface area contributed by atoms with Crippen molar-refractivity contribution in [3.8, 4) is 0 Å². The molecule has 1 heterocycles. The molecule has 1 nitrogen and oxygen atoms in total. The second kappa shape index (κ2) is 5.10. The highest BCUT2D eigenvalue weighted by Crippen LogP contribution is 2.39. The lowest BCUT2D eigenvalue weighted by Gasteiger charge is -2.27. The van der Waals surface area contributed by atoms with E-state index < -0.39 is 0 Å². The molecule has 1 aliphatic heterocycles. The molecule has 2 heteroatoms. The molecule has 0 spiro atoms. The molecule has 1 aliphatic rings. The topological polar surface area (TPSA) is 9.23 Å². The number of halogens is 1. The molecule has 1 unspecified atom stereocenters. The fourth-order valence-corrected chi connectivity index (χ4v) is 3.24. The van der Waals surface area contributed by atoms with Crippen LogP contribution < -0.4 is 0 Å². The van der Waals surface area contributed by atoms with E-state index in [1.807, 2.05) is 0 Å². The third-order valence-corrected chi connectivity index (χ3v) is 4.65. The van der Waals surface area contributed by atoms with E-state index in [4.69, 9.17) is 4.74 Å². The first-order chi connectivity index (χ1) is 9.16. The summed E-state index contributed by atoms with van der Waals surface area (Å²) in [6, 6.07) is 12.8. The minimum absolute atomic E-state index is 0.157. The van der Waals surface area contributed by atoms with Gasteiger partial charge in [-0.2, -0.15) is 0 Å². The summed E-state index contributed by atoms with van der Waals surface area (Å²) in [7, 11) is 0. The van der Waals surface area contributed by atoms with Gasteiger partial charge in [0.1, 0.15) is 0 Å². The van der Waals surface area contributed by atoms with Crippen LogP contribution in [0, 0.1) is 0 Å². The van der Waals surface area contributed by atoms with Gasteiger partial charge >= 0.3 is 0 Å². The molecule has 3 rings (SSSR count). The molecule has 0 radical (unpaired) electrons. The first-order valence-corrected chi connectivity index (χ1v) is 7.40. The molecular weight excluding hydrogens is 300 g/mol. The van der Waals surface area contributed by atoms with Crippen molar-refractivity contribution < 1.29 is 4.74 Å². The molecule has 19 heavy (non-hydrogen) atoms. The lowest BCUT2D eigenvalue weighted by Crippen LogP contribution is -2.14. The Labute approximate surface area is 122 Å². The number of benzene rings is 2. The van der Waals surface area contributed by atoms with Gasteiger partial charge in [-0.3, -0.25) is 0 Å². The molecule has 0 N–H and O–H groups in total. The van der Waals surface area contributed by atoms with Crippen molar-refractivity contribution in [2.45, 2.75) is 26.4 Å². The van der Waals surface area contributed by atoms with Crippen LogP contribution in [0.5, 0.6) is 0 Å². The molecule has 0 saturated heterocycles. The summed E-state index contributed by atoms with van der Waals surface area (Å²) < 4.78 is 7.19. The maximum Gasteiger partial charge on any atom is 0.0883 e. The van der Waals surface area contributed by atoms with Gasteiger partial charge in [-0.25, -0.2) is 0 Å². The SMILES string of the molecule is CC1=C(C)CC(c2c(Br)ccc3ccccc23)OC1. The van der Waals surface area contributed by atoms with Crippen LogP contribution in [0.3, 0.4) is 0 Å². The van der Waals surface area contributed by atoms with Gasteiger partial charge < -0.3 is 4.74 Å². The Morgan fingerprint density at radius 1 is 1.05 bits per heavy atom. The molecule has 0 aliphatic carbocycles. The largest absolute Gasteiger partial charge is 0.369 e. The third kappa shape index (κ3) is 2.35. The van der Waals surface area contributed by atoms with Crippen molar-refractivity contribution in [3.63, 3.8) is 0 Å². The Morgan fingerprint density at radius 3 is 2.63 bits per heavy atom. The summed E-state index contributed by atoms with van der Waals surface area (Å²) in [5.41, 5.74) is 4.11. The van der Waals surface area contributed by atoms with Crippen LogP contribution in [0.25, 0.3) is 10.8 Å². The highest BCUT2D eigenvalue weighted by atomic mass is 79.9. The van der Waals surface area contributed by atoms with Crippen molar-refractivity contribution in [3.05, 3.63) is 57.6 Å². The van der Waals surface area contributed by atoms with Crippen LogP contribution in [0.1, 0.15) is 31.9 Å². The molecule has 0 amide bonds. The highest BCUT2D eigenvalue weighted by molar-refractivity contribution is 9.10. The van der Waals surface area contributed by atoms with Gasteiger partial charge in [0.05, 0.1) is 12.7 Å². The molecule has 0 fully saturated rings. The molecule has 0 saturated carbocycles. The number of fused-ring (bicyclic) bond motifs is 1. The molecule has 2 aromatic rings. The maximum absolute atomic E-state index is 6.05. The van der Waals surface area contributed by atoms with Crippen LogP contribution in [-0.4, -0.2) is 6.61 Å². The minimum Gasteiger partial charge on any atom is -0.369 e. The Morgan fingerprint density at radius 2 is 1.84 bits per heavy atom. The van der Waals surface area contributed by atoms with Crippen LogP contribution in [0.15, 0.2) is 52.0 Å². The zero-order chi connectivity index (χ0) is 13.4. The number of ether oxygens (including phenoxy) is 1. The van der Waals surface area contributed by atoms with Gasteiger partial charge in [0.15, 0.2) is 0 Å². The van der Waals surface area contributed by atoms with E-state index in [0.29, 0.717) is 0 Å². The van der Waals surface area contributed by atoms with Crippen molar-refractivity contribution in [1.29, 1.82) is 0 Å². The Hall–Kier alpha value is -1.12. The highest BCUT2D eigenvalue weighted by Gasteiger charge is 2.22. The van der Waals surface area contributed by atoms with Crippen molar-refractivity contribution in [1.82, 2.24) is 0 Å². The molecule has 2 aromatic carbocycles. The third-order valence-electron chi connectivity index (χ3n) is 3.96. The normalized spacial score (nSPS) is 20.1. The average Bonchev–Trinajstić information content (AvgIpc) is 2.42. The molecule has 0 bridgehead atoms. The standard InChI is InChI=1S/C17H17BrO/c1-11-9-16(19-10-12(11)2)17-14-6-4-3-5-13(14)7-8-15(17)18/h3-8,16H,9-10H2,1-2H3. The fraction of sp³-hybridized carbons (Fsp3) is 0.294. The molecular formula is C17H17BrO. The average molecular weight is 317 g/mol. The maximum atomic E-state index is 6.05. The number of hydrogen-bond donors (Lipinski definition) is 0. The quantitative estimate of drug-likeness (QED) is 0.640. The van der Waals surface area contributed by atoms with E-state index >= 15 is 0 Å². The van der Waals surface area contributed by atoms with Gasteiger partial charge in [0, 0.05) is 10.0 Å². The number of hydrogen-bond acceptors (Lipinski definition) is 1. The lowest BCUT2D eigenvalue weighted by molar-refractivity contribution is 0.0584. The predicted octanol–water partition coefficient (Wildman–Crippen LogP) is 5.40.